The molecule has 5 rings (SSSR count). The van der Waals surface area contributed by atoms with Crippen LogP contribution in [-0.4, -0.2) is 24.8 Å². The van der Waals surface area contributed by atoms with Gasteiger partial charge in [-0.25, -0.2) is 8.78 Å². The number of benzene rings is 3. The highest BCUT2D eigenvalue weighted by Crippen LogP contribution is 2.42. The summed E-state index contributed by atoms with van der Waals surface area (Å²) in [5.41, 5.74) is 8.57. The van der Waals surface area contributed by atoms with Crippen molar-refractivity contribution in [3.8, 4) is 5.75 Å². The summed E-state index contributed by atoms with van der Waals surface area (Å²) < 4.78 is 34.0. The van der Waals surface area contributed by atoms with Crippen LogP contribution in [0, 0.1) is 11.6 Å². The van der Waals surface area contributed by atoms with E-state index in [0.717, 1.165) is 30.4 Å². The number of anilines is 4. The molecule has 8 heteroatoms. The molecule has 0 bridgehead atoms. The van der Waals surface area contributed by atoms with E-state index < -0.39 is 17.4 Å². The topological polar surface area (TPSA) is 60.0 Å². The number of hydrazine groups is 2. The van der Waals surface area contributed by atoms with E-state index in [-0.39, 0.29) is 17.5 Å². The predicted molar refractivity (Wildman–Crippen MR) is 111 cm³/mol. The van der Waals surface area contributed by atoms with E-state index in [1.54, 1.807) is 0 Å². The normalized spacial score (nSPS) is 18.3. The molecule has 0 radical (unpaired) electrons. The summed E-state index contributed by atoms with van der Waals surface area (Å²) in [7, 11) is 0. The van der Waals surface area contributed by atoms with E-state index in [1.807, 2.05) is 42.5 Å². The van der Waals surface area contributed by atoms with Gasteiger partial charge in [-0.1, -0.05) is 30.3 Å². The molecule has 3 N–H and O–H groups in total. The van der Waals surface area contributed by atoms with Gasteiger partial charge < -0.3 is 20.2 Å². The van der Waals surface area contributed by atoms with E-state index in [0.29, 0.717) is 12.3 Å². The molecule has 1 saturated heterocycles. The molecule has 1 fully saturated rings. The smallest absolute Gasteiger partial charge is 0.195 e. The summed E-state index contributed by atoms with van der Waals surface area (Å²) in [5, 5.41) is 11.0. The number of hydrogen-bond acceptors (Lipinski definition) is 6. The summed E-state index contributed by atoms with van der Waals surface area (Å²) in [6.45, 7) is 2.14. The first-order chi connectivity index (χ1) is 14.6. The molecule has 0 unspecified atom stereocenters. The zero-order valence-electron chi connectivity index (χ0n) is 16.0. The molecule has 0 amide bonds. The summed E-state index contributed by atoms with van der Waals surface area (Å²) >= 11 is 0. The molecule has 2 aliphatic heterocycles. The van der Waals surface area contributed by atoms with Gasteiger partial charge in [-0.05, 0) is 29.8 Å². The molecule has 0 saturated carbocycles. The molecule has 2 aliphatic rings. The highest BCUT2D eigenvalue weighted by molar-refractivity contribution is 5.81. The SMILES string of the molecule is Oc1c(F)cc2c(c1F)N(c1ccc(N3CCO[C@@H](c4ccccc4)C3)cc1)NN2. The number of hydrogen-bond donors (Lipinski definition) is 3. The third kappa shape index (κ3) is 3.20. The zero-order valence-corrected chi connectivity index (χ0v) is 16.0. The quantitative estimate of drug-likeness (QED) is 0.562. The third-order valence-corrected chi connectivity index (χ3v) is 5.41. The molecule has 3 aromatic carbocycles. The van der Waals surface area contributed by atoms with Crippen molar-refractivity contribution >= 4 is 22.7 Å². The molecule has 1 atom stereocenters. The number of aromatic hydroxyl groups is 1. The standard InChI is InChI=1S/C22H20F2N4O2/c23-17-12-18-21(20(24)22(17)29)28(26-25-18)16-8-6-15(7-9-16)27-10-11-30-19(13-27)14-4-2-1-3-5-14/h1-9,12,19,25-26,29H,10-11,13H2/t19-/m1/s1. The Bertz CT molecular complexity index is 1060. The molecule has 3 aromatic rings. The van der Waals surface area contributed by atoms with Crippen molar-refractivity contribution in [1.29, 1.82) is 0 Å². The van der Waals surface area contributed by atoms with E-state index in [2.05, 4.69) is 28.0 Å². The van der Waals surface area contributed by atoms with Gasteiger partial charge in [-0.3, -0.25) is 5.01 Å². The average Bonchev–Trinajstić information content (AvgIpc) is 3.22. The lowest BCUT2D eigenvalue weighted by atomic mass is 10.1. The number of halogens is 2. The summed E-state index contributed by atoms with van der Waals surface area (Å²) in [5.74, 6) is -3.04. The van der Waals surface area contributed by atoms with Crippen LogP contribution < -0.4 is 20.9 Å². The largest absolute Gasteiger partial charge is 0.503 e. The second-order valence-electron chi connectivity index (χ2n) is 7.22. The Balaban J connectivity index is 1.37. The summed E-state index contributed by atoms with van der Waals surface area (Å²) in [6, 6.07) is 18.7. The van der Waals surface area contributed by atoms with Crippen LogP contribution in [0.1, 0.15) is 11.7 Å². The molecule has 0 aromatic heterocycles. The fourth-order valence-corrected chi connectivity index (χ4v) is 3.84. The first-order valence-corrected chi connectivity index (χ1v) is 9.66. The molecule has 6 nitrogen and oxygen atoms in total. The average molecular weight is 410 g/mol. The van der Waals surface area contributed by atoms with Gasteiger partial charge in [0.1, 0.15) is 11.8 Å². The second-order valence-corrected chi connectivity index (χ2v) is 7.22. The van der Waals surface area contributed by atoms with Crippen molar-refractivity contribution in [2.75, 3.05) is 35.0 Å². The Kier molecular flexibility index (Phi) is 4.65. The van der Waals surface area contributed by atoms with Gasteiger partial charge >= 0.3 is 0 Å². The number of phenolic OH excluding ortho intramolecular Hbond substituents is 1. The minimum atomic E-state index is -1.02. The van der Waals surface area contributed by atoms with Gasteiger partial charge in [0.05, 0.1) is 18.0 Å². The van der Waals surface area contributed by atoms with Gasteiger partial charge in [-0.2, -0.15) is 0 Å². The fraction of sp³-hybridized carbons (Fsp3) is 0.182. The van der Waals surface area contributed by atoms with Gasteiger partial charge in [0.15, 0.2) is 17.4 Å². The van der Waals surface area contributed by atoms with Crippen LogP contribution in [0.3, 0.4) is 0 Å². The molecular weight excluding hydrogens is 390 g/mol. The van der Waals surface area contributed by atoms with Crippen molar-refractivity contribution in [1.82, 2.24) is 5.53 Å². The maximum absolute atomic E-state index is 14.4. The minimum absolute atomic E-state index is 0.00270. The summed E-state index contributed by atoms with van der Waals surface area (Å²) in [4.78, 5) is 2.25. The Morgan fingerprint density at radius 3 is 2.50 bits per heavy atom. The lowest BCUT2D eigenvalue weighted by molar-refractivity contribution is 0.0398. The van der Waals surface area contributed by atoms with E-state index in [9.17, 15) is 13.9 Å². The monoisotopic (exact) mass is 410 g/mol. The lowest BCUT2D eigenvalue weighted by Gasteiger charge is -2.35. The van der Waals surface area contributed by atoms with Crippen molar-refractivity contribution in [3.05, 3.63) is 77.9 Å². The van der Waals surface area contributed by atoms with Gasteiger partial charge in [0.2, 0.25) is 0 Å². The van der Waals surface area contributed by atoms with Crippen LogP contribution in [0.4, 0.5) is 31.5 Å². The van der Waals surface area contributed by atoms with E-state index >= 15 is 0 Å². The Hall–Kier alpha value is -3.36. The van der Waals surface area contributed by atoms with Gasteiger partial charge in [0, 0.05) is 24.8 Å². The first kappa shape index (κ1) is 18.7. The molecule has 154 valence electrons. The number of nitrogens with one attached hydrogen (secondary N) is 2. The fourth-order valence-electron chi connectivity index (χ4n) is 3.84. The number of rotatable bonds is 3. The molecule has 0 aliphatic carbocycles. The lowest BCUT2D eigenvalue weighted by Crippen LogP contribution is -2.38. The zero-order chi connectivity index (χ0) is 20.7. The van der Waals surface area contributed by atoms with Crippen LogP contribution in [0.25, 0.3) is 0 Å². The van der Waals surface area contributed by atoms with E-state index in [1.165, 1.54) is 5.01 Å². The maximum Gasteiger partial charge on any atom is 0.195 e. The van der Waals surface area contributed by atoms with Crippen LogP contribution in [0.5, 0.6) is 5.75 Å². The molecule has 0 spiro atoms. The minimum Gasteiger partial charge on any atom is -0.503 e. The Morgan fingerprint density at radius 2 is 1.73 bits per heavy atom. The molecular formula is C22H20F2N4O2. The predicted octanol–water partition coefficient (Wildman–Crippen LogP) is 4.23. The Morgan fingerprint density at radius 1 is 1.00 bits per heavy atom. The van der Waals surface area contributed by atoms with Gasteiger partial charge in [-0.15, -0.1) is 5.53 Å². The highest BCUT2D eigenvalue weighted by Gasteiger charge is 2.29. The molecule has 30 heavy (non-hydrogen) atoms. The van der Waals surface area contributed by atoms with Crippen molar-refractivity contribution in [2.24, 2.45) is 0 Å². The van der Waals surface area contributed by atoms with Crippen molar-refractivity contribution < 1.29 is 18.6 Å². The van der Waals surface area contributed by atoms with Crippen molar-refractivity contribution in [2.45, 2.75) is 6.10 Å². The number of morpholine rings is 1. The number of nitrogens with zero attached hydrogens (tertiary/aromatic N) is 2. The first-order valence-electron chi connectivity index (χ1n) is 9.66. The third-order valence-electron chi connectivity index (χ3n) is 5.41. The van der Waals surface area contributed by atoms with Crippen molar-refractivity contribution in [3.63, 3.8) is 0 Å². The number of phenols is 1. The van der Waals surface area contributed by atoms with Crippen LogP contribution in [-0.2, 0) is 4.74 Å². The second kappa shape index (κ2) is 7.47. The van der Waals surface area contributed by atoms with Gasteiger partial charge in [0.25, 0.3) is 0 Å². The Labute approximate surface area is 172 Å². The van der Waals surface area contributed by atoms with Crippen LogP contribution in [0.2, 0.25) is 0 Å². The maximum atomic E-state index is 14.4. The highest BCUT2D eigenvalue weighted by atomic mass is 19.1. The summed E-state index contributed by atoms with van der Waals surface area (Å²) in [6.07, 6.45) is 0.00270. The number of fused-ring (bicyclic) bond motifs is 1. The number of ether oxygens (including phenoxy) is 1. The van der Waals surface area contributed by atoms with Crippen LogP contribution in [0.15, 0.2) is 60.7 Å². The van der Waals surface area contributed by atoms with E-state index in [4.69, 9.17) is 4.74 Å². The van der Waals surface area contributed by atoms with Crippen LogP contribution >= 0.6 is 0 Å². The molecule has 2 heterocycles.